The molecule has 5 nitrogen and oxygen atoms in total. The number of likely N-dealkylation sites (tertiary alicyclic amines) is 1. The van der Waals surface area contributed by atoms with E-state index in [1.165, 1.54) is 31.2 Å². The summed E-state index contributed by atoms with van der Waals surface area (Å²) < 4.78 is 11.6. The average molecular weight is 482 g/mol. The third-order valence-corrected chi connectivity index (χ3v) is 10.8. The maximum atomic E-state index is 12.5. The van der Waals surface area contributed by atoms with Crippen LogP contribution in [0.25, 0.3) is 0 Å². The summed E-state index contributed by atoms with van der Waals surface area (Å²) in [5.41, 5.74) is 1.62. The van der Waals surface area contributed by atoms with Gasteiger partial charge in [0.05, 0.1) is 12.7 Å². The lowest BCUT2D eigenvalue weighted by Crippen LogP contribution is -2.61. The number of benzene rings is 1. The highest BCUT2D eigenvalue weighted by atomic mass is 16.6. The van der Waals surface area contributed by atoms with Crippen LogP contribution < -0.4 is 0 Å². The minimum Gasteiger partial charge on any atom is -0.464 e. The highest BCUT2D eigenvalue weighted by molar-refractivity contribution is 5.77. The van der Waals surface area contributed by atoms with E-state index in [0.29, 0.717) is 42.7 Å². The van der Waals surface area contributed by atoms with Crippen LogP contribution in [0.15, 0.2) is 30.3 Å². The third-order valence-electron chi connectivity index (χ3n) is 10.8. The normalized spacial score (nSPS) is 39.4. The number of hydrogen-bond acceptors (Lipinski definition) is 4. The molecule has 3 aliphatic carbocycles. The van der Waals surface area contributed by atoms with Gasteiger partial charge in [0.1, 0.15) is 6.61 Å². The van der Waals surface area contributed by atoms with Crippen LogP contribution in [0.2, 0.25) is 0 Å². The molecular weight excluding hydrogens is 438 g/mol. The van der Waals surface area contributed by atoms with Gasteiger partial charge in [-0.1, -0.05) is 44.2 Å². The summed E-state index contributed by atoms with van der Waals surface area (Å²) in [6, 6.07) is 10.9. The number of fused-ring (bicyclic) bond motifs is 5. The molecule has 4 aliphatic rings. The molecule has 0 bridgehead atoms. The van der Waals surface area contributed by atoms with E-state index in [1.807, 2.05) is 20.0 Å². The van der Waals surface area contributed by atoms with Crippen molar-refractivity contribution in [2.75, 3.05) is 20.3 Å². The van der Waals surface area contributed by atoms with Crippen LogP contribution in [0.3, 0.4) is 0 Å². The van der Waals surface area contributed by atoms with Gasteiger partial charge < -0.3 is 14.4 Å². The summed E-state index contributed by atoms with van der Waals surface area (Å²) >= 11 is 0. The Morgan fingerprint density at radius 1 is 1.03 bits per heavy atom. The van der Waals surface area contributed by atoms with Crippen LogP contribution in [0.4, 0.5) is 0 Å². The van der Waals surface area contributed by atoms with Crippen molar-refractivity contribution in [3.8, 4) is 0 Å². The fourth-order valence-electron chi connectivity index (χ4n) is 9.14. The Balaban J connectivity index is 1.39. The van der Waals surface area contributed by atoms with Gasteiger partial charge in [-0.25, -0.2) is 4.79 Å². The quantitative estimate of drug-likeness (QED) is 0.483. The Bertz CT molecular complexity index is 934. The van der Waals surface area contributed by atoms with Gasteiger partial charge in [-0.05, 0) is 91.9 Å². The standard InChI is InChI=1S/C30H43NO4/c1-5-34-27(33)19-35-28(20-9-7-6-8-10-20)24-13-12-22-21-11-14-25-30(3,18-16-26(32)31(25)4)23(21)15-17-29(22,24)2/h6-10,21-25,28H,5,11-19H2,1-4H3/t21-,22-,23-,24+,25+,28?,29-,30+/m0/s1. The number of carbonyl (C=O) groups is 2. The molecule has 1 heterocycles. The molecule has 1 aromatic rings. The first-order chi connectivity index (χ1) is 16.8. The number of esters is 1. The van der Waals surface area contributed by atoms with Gasteiger partial charge in [0, 0.05) is 19.5 Å². The van der Waals surface area contributed by atoms with Crippen molar-refractivity contribution in [3.63, 3.8) is 0 Å². The molecular formula is C30H43NO4. The summed E-state index contributed by atoms with van der Waals surface area (Å²) in [5, 5.41) is 0. The van der Waals surface area contributed by atoms with Gasteiger partial charge in [0.15, 0.2) is 0 Å². The minimum atomic E-state index is -0.279. The van der Waals surface area contributed by atoms with Gasteiger partial charge in [0.25, 0.3) is 0 Å². The monoisotopic (exact) mass is 481 g/mol. The molecule has 0 aromatic heterocycles. The molecule has 0 radical (unpaired) electrons. The van der Waals surface area contributed by atoms with E-state index in [2.05, 4.69) is 43.0 Å². The van der Waals surface area contributed by atoms with E-state index < -0.39 is 0 Å². The van der Waals surface area contributed by atoms with Crippen molar-refractivity contribution in [3.05, 3.63) is 35.9 Å². The smallest absolute Gasteiger partial charge is 0.332 e. The Labute approximate surface area is 210 Å². The second-order valence-corrected chi connectivity index (χ2v) is 12.2. The van der Waals surface area contributed by atoms with Gasteiger partial charge >= 0.3 is 5.97 Å². The zero-order valence-corrected chi connectivity index (χ0v) is 22.0. The largest absolute Gasteiger partial charge is 0.464 e. The van der Waals surface area contributed by atoms with Crippen LogP contribution in [0.5, 0.6) is 0 Å². The van der Waals surface area contributed by atoms with E-state index in [-0.39, 0.29) is 29.5 Å². The molecule has 1 saturated heterocycles. The summed E-state index contributed by atoms with van der Waals surface area (Å²) in [6.45, 7) is 7.23. The second-order valence-electron chi connectivity index (χ2n) is 12.2. The molecule has 3 saturated carbocycles. The molecule has 5 rings (SSSR count). The molecule has 8 atom stereocenters. The molecule has 1 aliphatic heterocycles. The fourth-order valence-corrected chi connectivity index (χ4v) is 9.14. The molecule has 1 amide bonds. The molecule has 1 unspecified atom stereocenters. The van der Waals surface area contributed by atoms with Crippen LogP contribution in [0.1, 0.15) is 83.8 Å². The lowest BCUT2D eigenvalue weighted by molar-refractivity contribution is -0.163. The van der Waals surface area contributed by atoms with E-state index in [4.69, 9.17) is 9.47 Å². The van der Waals surface area contributed by atoms with Gasteiger partial charge in [-0.15, -0.1) is 0 Å². The van der Waals surface area contributed by atoms with Crippen LogP contribution in [0, 0.1) is 34.5 Å². The van der Waals surface area contributed by atoms with Crippen LogP contribution in [-0.4, -0.2) is 43.1 Å². The summed E-state index contributed by atoms with van der Waals surface area (Å²) in [4.78, 5) is 26.7. The van der Waals surface area contributed by atoms with Crippen LogP contribution in [-0.2, 0) is 19.1 Å². The predicted molar refractivity (Wildman–Crippen MR) is 135 cm³/mol. The van der Waals surface area contributed by atoms with E-state index in [9.17, 15) is 9.59 Å². The van der Waals surface area contributed by atoms with Gasteiger partial charge in [0.2, 0.25) is 5.91 Å². The molecule has 4 fully saturated rings. The topological polar surface area (TPSA) is 55.8 Å². The Morgan fingerprint density at radius 2 is 1.77 bits per heavy atom. The number of carbonyl (C=O) groups excluding carboxylic acids is 2. The van der Waals surface area contributed by atoms with Gasteiger partial charge in [-0.2, -0.15) is 0 Å². The predicted octanol–water partition coefficient (Wildman–Crippen LogP) is 5.79. The molecule has 0 spiro atoms. The van der Waals surface area contributed by atoms with Crippen molar-refractivity contribution < 1.29 is 19.1 Å². The van der Waals surface area contributed by atoms with Crippen molar-refractivity contribution >= 4 is 11.9 Å². The fraction of sp³-hybridized carbons (Fsp3) is 0.733. The third kappa shape index (κ3) is 4.12. The molecule has 35 heavy (non-hydrogen) atoms. The number of amides is 1. The first-order valence-electron chi connectivity index (χ1n) is 13.9. The number of ether oxygens (including phenoxy) is 2. The highest BCUT2D eigenvalue weighted by Crippen LogP contribution is 2.67. The number of piperidine rings is 1. The Morgan fingerprint density at radius 3 is 2.51 bits per heavy atom. The van der Waals surface area contributed by atoms with Crippen molar-refractivity contribution in [2.24, 2.45) is 34.5 Å². The van der Waals surface area contributed by atoms with Gasteiger partial charge in [-0.3, -0.25) is 4.79 Å². The Hall–Kier alpha value is -1.88. The molecule has 1 aromatic carbocycles. The molecule has 5 heteroatoms. The van der Waals surface area contributed by atoms with Crippen LogP contribution >= 0.6 is 0 Å². The minimum absolute atomic E-state index is 0.0107. The maximum Gasteiger partial charge on any atom is 0.332 e. The van der Waals surface area contributed by atoms with E-state index in [0.717, 1.165) is 25.2 Å². The lowest BCUT2D eigenvalue weighted by atomic mass is 9.46. The average Bonchev–Trinajstić information content (AvgIpc) is 3.20. The van der Waals surface area contributed by atoms with Crippen molar-refractivity contribution in [2.45, 2.75) is 84.3 Å². The lowest BCUT2D eigenvalue weighted by Gasteiger charge is -2.62. The Kier molecular flexibility index (Phi) is 6.76. The zero-order chi connectivity index (χ0) is 24.8. The SMILES string of the molecule is CCOC(=O)COC(c1ccccc1)[C@H]1CC[C@H]2[C@@H]3CC[C@H]4N(C)C(=O)CC[C@]4(C)[C@H]3CC[C@]12C. The number of nitrogens with zero attached hydrogens (tertiary/aromatic N) is 1. The molecule has 192 valence electrons. The summed E-state index contributed by atoms with van der Waals surface area (Å²) in [6.07, 6.45) is 8.86. The first kappa shape index (κ1) is 24.8. The van der Waals surface area contributed by atoms with Crippen molar-refractivity contribution in [1.82, 2.24) is 4.90 Å². The first-order valence-corrected chi connectivity index (χ1v) is 13.9. The summed E-state index contributed by atoms with van der Waals surface area (Å²) in [5.74, 6) is 2.55. The molecule has 0 N–H and O–H groups in total. The second kappa shape index (κ2) is 9.53. The highest BCUT2D eigenvalue weighted by Gasteiger charge is 2.62. The number of rotatable bonds is 6. The maximum absolute atomic E-state index is 12.5. The number of hydrogen-bond donors (Lipinski definition) is 0. The summed E-state index contributed by atoms with van der Waals surface area (Å²) in [7, 11) is 2.04. The van der Waals surface area contributed by atoms with E-state index in [1.54, 1.807) is 0 Å². The van der Waals surface area contributed by atoms with E-state index >= 15 is 0 Å². The van der Waals surface area contributed by atoms with Crippen molar-refractivity contribution in [1.29, 1.82) is 0 Å². The zero-order valence-electron chi connectivity index (χ0n) is 22.0.